The van der Waals surface area contributed by atoms with Crippen molar-refractivity contribution in [1.29, 1.82) is 5.26 Å². The van der Waals surface area contributed by atoms with Gasteiger partial charge in [-0.05, 0) is 30.5 Å². The Balaban J connectivity index is 1.53. The summed E-state index contributed by atoms with van der Waals surface area (Å²) in [6.07, 6.45) is 2.23. The van der Waals surface area contributed by atoms with E-state index in [4.69, 9.17) is 0 Å². The predicted octanol–water partition coefficient (Wildman–Crippen LogP) is 3.10. The maximum atomic E-state index is 14.0. The van der Waals surface area contributed by atoms with Gasteiger partial charge in [-0.15, -0.1) is 0 Å². The van der Waals surface area contributed by atoms with Gasteiger partial charge in [0.05, 0.1) is 5.69 Å². The molecule has 2 aliphatic rings. The molecule has 0 spiro atoms. The van der Waals surface area contributed by atoms with Crippen molar-refractivity contribution in [2.75, 3.05) is 37.6 Å². The summed E-state index contributed by atoms with van der Waals surface area (Å²) >= 11 is 0. The second kappa shape index (κ2) is 9.17. The van der Waals surface area contributed by atoms with Gasteiger partial charge in [0.15, 0.2) is 0 Å². The molecule has 31 heavy (non-hydrogen) atoms. The third-order valence-electron chi connectivity index (χ3n) is 6.06. The highest BCUT2D eigenvalue weighted by Crippen LogP contribution is 2.29. The number of piperazine rings is 1. The highest BCUT2D eigenvalue weighted by molar-refractivity contribution is 5.89. The molecule has 0 aromatic heterocycles. The quantitative estimate of drug-likeness (QED) is 0.762. The SMILES string of the molecule is N#Cc1c(F)cccc1N1CCN(C(=O)C(c2ccccc2)N2CCCCC2=O)CC1. The Morgan fingerprint density at radius 1 is 0.968 bits per heavy atom. The van der Waals surface area contributed by atoms with E-state index >= 15 is 0 Å². The summed E-state index contributed by atoms with van der Waals surface area (Å²) in [5, 5.41) is 9.32. The van der Waals surface area contributed by atoms with Crippen LogP contribution in [0, 0.1) is 17.1 Å². The first-order valence-electron chi connectivity index (χ1n) is 10.7. The predicted molar refractivity (Wildman–Crippen MR) is 115 cm³/mol. The Morgan fingerprint density at radius 3 is 2.39 bits per heavy atom. The van der Waals surface area contributed by atoms with Crippen LogP contribution < -0.4 is 4.90 Å². The van der Waals surface area contributed by atoms with Crippen LogP contribution in [0.4, 0.5) is 10.1 Å². The van der Waals surface area contributed by atoms with Crippen LogP contribution in [-0.2, 0) is 9.59 Å². The van der Waals surface area contributed by atoms with Gasteiger partial charge >= 0.3 is 0 Å². The maximum Gasteiger partial charge on any atom is 0.250 e. The molecule has 2 heterocycles. The summed E-state index contributed by atoms with van der Waals surface area (Å²) in [6, 6.07) is 15.4. The van der Waals surface area contributed by atoms with Crippen molar-refractivity contribution in [3.8, 4) is 6.07 Å². The average molecular weight is 420 g/mol. The molecular weight excluding hydrogens is 395 g/mol. The monoisotopic (exact) mass is 420 g/mol. The van der Waals surface area contributed by atoms with Gasteiger partial charge in [0.25, 0.3) is 0 Å². The fraction of sp³-hybridized carbons (Fsp3) is 0.375. The van der Waals surface area contributed by atoms with E-state index in [1.165, 1.54) is 6.07 Å². The largest absolute Gasteiger partial charge is 0.367 e. The zero-order valence-electron chi connectivity index (χ0n) is 17.3. The number of nitrogens with zero attached hydrogens (tertiary/aromatic N) is 4. The topological polar surface area (TPSA) is 67.7 Å². The third kappa shape index (κ3) is 4.24. The fourth-order valence-electron chi connectivity index (χ4n) is 4.42. The molecule has 0 N–H and O–H groups in total. The van der Waals surface area contributed by atoms with E-state index in [0.717, 1.165) is 18.4 Å². The van der Waals surface area contributed by atoms with E-state index < -0.39 is 11.9 Å². The van der Waals surface area contributed by atoms with Crippen LogP contribution in [0.3, 0.4) is 0 Å². The second-order valence-electron chi connectivity index (χ2n) is 7.92. The van der Waals surface area contributed by atoms with Crippen LogP contribution in [0.2, 0.25) is 0 Å². The minimum absolute atomic E-state index is 0.0190. The number of piperidine rings is 1. The first kappa shape index (κ1) is 20.9. The van der Waals surface area contributed by atoms with E-state index in [0.29, 0.717) is 44.8 Å². The Kier molecular flexibility index (Phi) is 6.17. The number of benzene rings is 2. The van der Waals surface area contributed by atoms with Crippen molar-refractivity contribution in [2.45, 2.75) is 25.3 Å². The molecule has 4 rings (SSSR count). The lowest BCUT2D eigenvalue weighted by Gasteiger charge is -2.41. The average Bonchev–Trinajstić information content (AvgIpc) is 2.81. The van der Waals surface area contributed by atoms with Crippen molar-refractivity contribution < 1.29 is 14.0 Å². The highest BCUT2D eigenvalue weighted by atomic mass is 19.1. The molecule has 0 aliphatic carbocycles. The van der Waals surface area contributed by atoms with E-state index in [-0.39, 0.29) is 17.4 Å². The molecular formula is C24H25FN4O2. The molecule has 2 amide bonds. The summed E-state index contributed by atoms with van der Waals surface area (Å²) in [5.74, 6) is -0.599. The van der Waals surface area contributed by atoms with Crippen LogP contribution in [-0.4, -0.2) is 54.3 Å². The Bertz CT molecular complexity index is 996. The molecule has 1 atom stereocenters. The number of carbonyl (C=O) groups is 2. The van der Waals surface area contributed by atoms with Gasteiger partial charge in [0.1, 0.15) is 23.5 Å². The molecule has 0 saturated carbocycles. The van der Waals surface area contributed by atoms with Crippen molar-refractivity contribution in [2.24, 2.45) is 0 Å². The zero-order chi connectivity index (χ0) is 21.8. The number of hydrogen-bond acceptors (Lipinski definition) is 4. The fourth-order valence-corrected chi connectivity index (χ4v) is 4.42. The smallest absolute Gasteiger partial charge is 0.250 e. The summed E-state index contributed by atoms with van der Waals surface area (Å²) in [7, 11) is 0. The van der Waals surface area contributed by atoms with Gasteiger partial charge in [-0.2, -0.15) is 5.26 Å². The van der Waals surface area contributed by atoms with Crippen molar-refractivity contribution in [3.63, 3.8) is 0 Å². The van der Waals surface area contributed by atoms with Gasteiger partial charge in [-0.3, -0.25) is 9.59 Å². The molecule has 2 aromatic rings. The first-order valence-corrected chi connectivity index (χ1v) is 10.7. The molecule has 2 fully saturated rings. The van der Waals surface area contributed by atoms with Crippen molar-refractivity contribution in [3.05, 3.63) is 65.5 Å². The number of anilines is 1. The molecule has 1 unspecified atom stereocenters. The van der Waals surface area contributed by atoms with Gasteiger partial charge in [-0.1, -0.05) is 36.4 Å². The van der Waals surface area contributed by atoms with Gasteiger partial charge in [0, 0.05) is 39.1 Å². The number of nitriles is 1. The first-order chi connectivity index (χ1) is 15.1. The van der Waals surface area contributed by atoms with Crippen LogP contribution in [0.1, 0.15) is 36.4 Å². The van der Waals surface area contributed by atoms with Gasteiger partial charge in [-0.25, -0.2) is 4.39 Å². The molecule has 2 aliphatic heterocycles. The molecule has 0 radical (unpaired) electrons. The summed E-state index contributed by atoms with van der Waals surface area (Å²) in [5.41, 5.74) is 1.41. The number of rotatable bonds is 4. The lowest BCUT2D eigenvalue weighted by molar-refractivity contribution is -0.148. The third-order valence-corrected chi connectivity index (χ3v) is 6.06. The highest BCUT2D eigenvalue weighted by Gasteiger charge is 2.36. The van der Waals surface area contributed by atoms with E-state index in [1.54, 1.807) is 21.9 Å². The number of hydrogen-bond donors (Lipinski definition) is 0. The van der Waals surface area contributed by atoms with Crippen LogP contribution in [0.25, 0.3) is 0 Å². The lowest BCUT2D eigenvalue weighted by Crippen LogP contribution is -2.53. The molecule has 2 saturated heterocycles. The summed E-state index contributed by atoms with van der Waals surface area (Å²) in [6.45, 7) is 2.48. The van der Waals surface area contributed by atoms with Crippen LogP contribution in [0.5, 0.6) is 0 Å². The summed E-state index contributed by atoms with van der Waals surface area (Å²) < 4.78 is 14.0. The molecule has 160 valence electrons. The molecule has 7 heteroatoms. The Hall–Kier alpha value is -3.40. The van der Waals surface area contributed by atoms with E-state index in [2.05, 4.69) is 0 Å². The zero-order valence-corrected chi connectivity index (χ0v) is 17.3. The number of halogens is 1. The standard InChI is InChI=1S/C24H25FN4O2/c25-20-9-6-10-21(19(20)17-26)27-13-15-28(16-14-27)24(31)23(18-7-2-1-3-8-18)29-12-5-4-11-22(29)30/h1-3,6-10,23H,4-5,11-16H2. The Labute approximate surface area is 181 Å². The second-order valence-corrected chi connectivity index (χ2v) is 7.92. The van der Waals surface area contributed by atoms with Crippen LogP contribution >= 0.6 is 0 Å². The van der Waals surface area contributed by atoms with Crippen molar-refractivity contribution in [1.82, 2.24) is 9.80 Å². The van der Waals surface area contributed by atoms with Gasteiger partial charge in [0.2, 0.25) is 11.8 Å². The minimum atomic E-state index is -0.621. The lowest BCUT2D eigenvalue weighted by atomic mass is 9.99. The maximum absolute atomic E-state index is 14.0. The van der Waals surface area contributed by atoms with Crippen LogP contribution in [0.15, 0.2) is 48.5 Å². The van der Waals surface area contributed by atoms with E-state index in [1.807, 2.05) is 41.3 Å². The Morgan fingerprint density at radius 2 is 1.71 bits per heavy atom. The van der Waals surface area contributed by atoms with Gasteiger partial charge < -0.3 is 14.7 Å². The molecule has 6 nitrogen and oxygen atoms in total. The molecule has 2 aromatic carbocycles. The number of amides is 2. The van der Waals surface area contributed by atoms with E-state index in [9.17, 15) is 19.2 Å². The van der Waals surface area contributed by atoms with Crippen molar-refractivity contribution >= 4 is 17.5 Å². The summed E-state index contributed by atoms with van der Waals surface area (Å²) in [4.78, 5) is 31.6. The molecule has 0 bridgehead atoms. The number of likely N-dealkylation sites (tertiary alicyclic amines) is 1. The minimum Gasteiger partial charge on any atom is -0.367 e. The number of carbonyl (C=O) groups excluding carboxylic acids is 2. The normalized spacial score (nSPS) is 17.9.